The van der Waals surface area contributed by atoms with E-state index in [0.717, 1.165) is 18.6 Å². The standard InChI is InChI=1S/C13H17F2NO3S/c1-13(8-17)6-2-3-12(13)16-20(18,19)11-5-4-9(14)7-10(11)15/h4-5,7,12,16-17H,2-3,6,8H2,1H3. The molecule has 4 nitrogen and oxygen atoms in total. The van der Waals surface area contributed by atoms with Crippen molar-refractivity contribution in [2.75, 3.05) is 6.61 Å². The van der Waals surface area contributed by atoms with Crippen molar-refractivity contribution < 1.29 is 22.3 Å². The number of aliphatic hydroxyl groups is 1. The van der Waals surface area contributed by atoms with Crippen LogP contribution in [0.4, 0.5) is 8.78 Å². The van der Waals surface area contributed by atoms with Gasteiger partial charge in [-0.2, -0.15) is 0 Å². The summed E-state index contributed by atoms with van der Waals surface area (Å²) in [4.78, 5) is -0.578. The minimum absolute atomic E-state index is 0.147. The van der Waals surface area contributed by atoms with Gasteiger partial charge in [0.1, 0.15) is 16.5 Å². The fourth-order valence-electron chi connectivity index (χ4n) is 2.57. The molecular weight excluding hydrogens is 288 g/mol. The van der Waals surface area contributed by atoms with Crippen LogP contribution < -0.4 is 4.72 Å². The van der Waals surface area contributed by atoms with Crippen LogP contribution in [0.5, 0.6) is 0 Å². The topological polar surface area (TPSA) is 66.4 Å². The largest absolute Gasteiger partial charge is 0.396 e. The zero-order valence-electron chi connectivity index (χ0n) is 11.1. The Morgan fingerprint density at radius 3 is 2.75 bits per heavy atom. The summed E-state index contributed by atoms with van der Waals surface area (Å²) in [5.74, 6) is -1.95. The predicted octanol–water partition coefficient (Wildman–Crippen LogP) is 1.79. The first-order valence-corrected chi connectivity index (χ1v) is 7.85. The Bertz CT molecular complexity index is 606. The van der Waals surface area contributed by atoms with Gasteiger partial charge in [0, 0.05) is 24.1 Å². The first-order chi connectivity index (χ1) is 9.28. The molecule has 2 N–H and O–H groups in total. The van der Waals surface area contributed by atoms with E-state index in [1.807, 2.05) is 0 Å². The zero-order valence-corrected chi connectivity index (χ0v) is 11.9. The third kappa shape index (κ3) is 2.84. The molecule has 0 bridgehead atoms. The van der Waals surface area contributed by atoms with E-state index in [2.05, 4.69) is 4.72 Å². The number of aliphatic hydroxyl groups excluding tert-OH is 1. The van der Waals surface area contributed by atoms with Crippen LogP contribution in [0.25, 0.3) is 0 Å². The van der Waals surface area contributed by atoms with Crippen LogP contribution in [0.2, 0.25) is 0 Å². The Morgan fingerprint density at radius 2 is 2.15 bits per heavy atom. The molecule has 0 radical (unpaired) electrons. The summed E-state index contributed by atoms with van der Waals surface area (Å²) in [6.45, 7) is 1.64. The Morgan fingerprint density at radius 1 is 1.45 bits per heavy atom. The van der Waals surface area contributed by atoms with Crippen molar-refractivity contribution in [3.63, 3.8) is 0 Å². The molecular formula is C13H17F2NO3S. The van der Waals surface area contributed by atoms with Crippen LogP contribution in [-0.2, 0) is 10.0 Å². The van der Waals surface area contributed by atoms with Crippen LogP contribution in [-0.4, -0.2) is 26.2 Å². The molecule has 1 saturated carbocycles. The monoisotopic (exact) mass is 305 g/mol. The third-order valence-corrected chi connectivity index (χ3v) is 5.43. The fraction of sp³-hybridized carbons (Fsp3) is 0.538. The van der Waals surface area contributed by atoms with Gasteiger partial charge >= 0.3 is 0 Å². The summed E-state index contributed by atoms with van der Waals surface area (Å²) in [5, 5.41) is 9.40. The van der Waals surface area contributed by atoms with E-state index in [9.17, 15) is 22.3 Å². The highest BCUT2D eigenvalue weighted by Crippen LogP contribution is 2.38. The Labute approximate surface area is 116 Å². The molecule has 1 aliphatic carbocycles. The highest BCUT2D eigenvalue weighted by Gasteiger charge is 2.40. The van der Waals surface area contributed by atoms with Gasteiger partial charge in [0.25, 0.3) is 0 Å². The molecule has 20 heavy (non-hydrogen) atoms. The van der Waals surface area contributed by atoms with E-state index in [-0.39, 0.29) is 6.61 Å². The average Bonchev–Trinajstić information content (AvgIpc) is 2.70. The van der Waals surface area contributed by atoms with Crippen LogP contribution >= 0.6 is 0 Å². The van der Waals surface area contributed by atoms with Crippen molar-refractivity contribution in [1.29, 1.82) is 0 Å². The van der Waals surface area contributed by atoms with Crippen LogP contribution in [0.15, 0.2) is 23.1 Å². The lowest BCUT2D eigenvalue weighted by Gasteiger charge is -2.29. The molecule has 0 amide bonds. The van der Waals surface area contributed by atoms with Gasteiger partial charge in [-0.15, -0.1) is 0 Å². The van der Waals surface area contributed by atoms with E-state index in [1.54, 1.807) is 6.92 Å². The van der Waals surface area contributed by atoms with Crippen LogP contribution in [0, 0.1) is 17.0 Å². The molecule has 7 heteroatoms. The van der Waals surface area contributed by atoms with Gasteiger partial charge < -0.3 is 5.11 Å². The fourth-order valence-corrected chi connectivity index (χ4v) is 4.03. The second-order valence-electron chi connectivity index (χ2n) is 5.45. The second-order valence-corrected chi connectivity index (χ2v) is 7.14. The third-order valence-electron chi connectivity index (χ3n) is 3.92. The molecule has 0 aromatic heterocycles. The molecule has 0 heterocycles. The maximum atomic E-state index is 13.6. The summed E-state index contributed by atoms with van der Waals surface area (Å²) in [5.41, 5.74) is -0.552. The molecule has 112 valence electrons. The van der Waals surface area contributed by atoms with E-state index in [0.29, 0.717) is 18.9 Å². The number of halogens is 2. The number of sulfonamides is 1. The van der Waals surface area contributed by atoms with Crippen molar-refractivity contribution in [1.82, 2.24) is 4.72 Å². The first kappa shape index (κ1) is 15.3. The minimum Gasteiger partial charge on any atom is -0.396 e. The van der Waals surface area contributed by atoms with Crippen molar-refractivity contribution in [3.8, 4) is 0 Å². The molecule has 1 aliphatic rings. The van der Waals surface area contributed by atoms with Gasteiger partial charge in [-0.25, -0.2) is 21.9 Å². The highest BCUT2D eigenvalue weighted by atomic mass is 32.2. The molecule has 0 saturated heterocycles. The predicted molar refractivity (Wildman–Crippen MR) is 69.5 cm³/mol. The van der Waals surface area contributed by atoms with E-state index in [1.165, 1.54) is 0 Å². The number of benzene rings is 1. The second kappa shape index (κ2) is 5.38. The first-order valence-electron chi connectivity index (χ1n) is 6.37. The molecule has 1 aromatic carbocycles. The number of nitrogens with one attached hydrogen (secondary N) is 1. The molecule has 0 spiro atoms. The van der Waals surface area contributed by atoms with Gasteiger partial charge in [-0.05, 0) is 25.0 Å². The lowest BCUT2D eigenvalue weighted by atomic mass is 9.86. The summed E-state index contributed by atoms with van der Waals surface area (Å²) in [6, 6.07) is 1.88. The molecule has 1 fully saturated rings. The van der Waals surface area contributed by atoms with E-state index < -0.39 is 38.0 Å². The SMILES string of the molecule is CC1(CO)CCCC1NS(=O)(=O)c1ccc(F)cc1F. The van der Waals surface area contributed by atoms with Crippen molar-refractivity contribution >= 4 is 10.0 Å². The van der Waals surface area contributed by atoms with Gasteiger partial charge in [-0.1, -0.05) is 13.3 Å². The maximum Gasteiger partial charge on any atom is 0.243 e. The summed E-state index contributed by atoms with van der Waals surface area (Å²) in [6.07, 6.45) is 2.07. The smallest absolute Gasteiger partial charge is 0.243 e. The average molecular weight is 305 g/mol. The van der Waals surface area contributed by atoms with Gasteiger partial charge in [-0.3, -0.25) is 0 Å². The van der Waals surface area contributed by atoms with Gasteiger partial charge in [0.15, 0.2) is 0 Å². The van der Waals surface area contributed by atoms with Crippen LogP contribution in [0.1, 0.15) is 26.2 Å². The minimum atomic E-state index is -4.08. The molecule has 1 aromatic rings. The highest BCUT2D eigenvalue weighted by molar-refractivity contribution is 7.89. The molecule has 2 rings (SSSR count). The van der Waals surface area contributed by atoms with Crippen molar-refractivity contribution in [3.05, 3.63) is 29.8 Å². The summed E-state index contributed by atoms with van der Waals surface area (Å²) in [7, 11) is -4.08. The Kier molecular flexibility index (Phi) is 4.13. The van der Waals surface area contributed by atoms with Crippen LogP contribution in [0.3, 0.4) is 0 Å². The maximum absolute atomic E-state index is 13.6. The number of hydrogen-bond acceptors (Lipinski definition) is 3. The Hall–Kier alpha value is -1.05. The molecule has 0 aliphatic heterocycles. The van der Waals surface area contributed by atoms with Gasteiger partial charge in [0.05, 0.1) is 0 Å². The van der Waals surface area contributed by atoms with Crippen molar-refractivity contribution in [2.45, 2.75) is 37.1 Å². The normalized spacial score (nSPS) is 26.9. The number of hydrogen-bond donors (Lipinski definition) is 2. The van der Waals surface area contributed by atoms with Gasteiger partial charge in [0.2, 0.25) is 10.0 Å². The molecule has 2 atom stereocenters. The number of rotatable bonds is 4. The summed E-state index contributed by atoms with van der Waals surface area (Å²) >= 11 is 0. The quantitative estimate of drug-likeness (QED) is 0.891. The lowest BCUT2D eigenvalue weighted by molar-refractivity contribution is 0.127. The lowest BCUT2D eigenvalue weighted by Crippen LogP contribution is -2.44. The van der Waals surface area contributed by atoms with E-state index >= 15 is 0 Å². The molecule has 2 unspecified atom stereocenters. The summed E-state index contributed by atoms with van der Waals surface area (Å²) < 4.78 is 53.2. The van der Waals surface area contributed by atoms with E-state index in [4.69, 9.17) is 0 Å². The Balaban J connectivity index is 2.28. The zero-order chi connectivity index (χ0) is 15.0. The van der Waals surface area contributed by atoms with Crippen molar-refractivity contribution in [2.24, 2.45) is 5.41 Å².